The van der Waals surface area contributed by atoms with E-state index in [1.54, 1.807) is 23.1 Å². The van der Waals surface area contributed by atoms with Crippen molar-refractivity contribution >= 4 is 34.7 Å². The van der Waals surface area contributed by atoms with Crippen molar-refractivity contribution in [2.45, 2.75) is 36.2 Å². The highest BCUT2D eigenvalue weighted by Crippen LogP contribution is 2.45. The normalized spacial score (nSPS) is 15.7. The number of thiophene rings is 1. The minimum atomic E-state index is 0.238. The molecule has 0 spiro atoms. The molecule has 6 heteroatoms. The number of thioether (sulfide) groups is 1. The number of benzene rings is 1. The van der Waals surface area contributed by atoms with Crippen LogP contribution in [0.2, 0.25) is 5.02 Å². The molecule has 118 valence electrons. The maximum atomic E-state index is 6.33. The highest BCUT2D eigenvalue weighted by Gasteiger charge is 2.31. The van der Waals surface area contributed by atoms with Crippen LogP contribution in [0.3, 0.4) is 0 Å². The Labute approximate surface area is 148 Å². The van der Waals surface area contributed by atoms with Gasteiger partial charge in [0.1, 0.15) is 0 Å². The van der Waals surface area contributed by atoms with Gasteiger partial charge in [-0.15, -0.1) is 21.5 Å². The first-order valence-corrected chi connectivity index (χ1v) is 9.77. The lowest BCUT2D eigenvalue weighted by atomic mass is 10.2. The van der Waals surface area contributed by atoms with Crippen LogP contribution in [-0.2, 0) is 0 Å². The van der Waals surface area contributed by atoms with Gasteiger partial charge in [-0.25, -0.2) is 0 Å². The fourth-order valence-electron chi connectivity index (χ4n) is 2.62. The molecule has 4 rings (SSSR count). The number of hydrogen-bond donors (Lipinski definition) is 0. The summed E-state index contributed by atoms with van der Waals surface area (Å²) in [4.78, 5) is 1.18. The van der Waals surface area contributed by atoms with Crippen molar-refractivity contribution in [2.75, 3.05) is 0 Å². The largest absolute Gasteiger partial charge is 0.298 e. The lowest BCUT2D eigenvalue weighted by Gasteiger charge is -2.14. The Morgan fingerprint density at radius 2 is 2.04 bits per heavy atom. The molecule has 3 nitrogen and oxygen atoms in total. The first-order valence-electron chi connectivity index (χ1n) is 7.64. The van der Waals surface area contributed by atoms with Crippen molar-refractivity contribution in [3.63, 3.8) is 0 Å². The summed E-state index contributed by atoms with van der Waals surface area (Å²) < 4.78 is 2.31. The molecule has 23 heavy (non-hydrogen) atoms. The zero-order valence-corrected chi connectivity index (χ0v) is 15.0. The van der Waals surface area contributed by atoms with Crippen molar-refractivity contribution < 1.29 is 0 Å². The monoisotopic (exact) mass is 361 g/mol. The van der Waals surface area contributed by atoms with Gasteiger partial charge in [0.15, 0.2) is 11.0 Å². The second-order valence-corrected chi connectivity index (χ2v) is 8.33. The predicted octanol–water partition coefficient (Wildman–Crippen LogP) is 5.85. The van der Waals surface area contributed by atoms with Crippen LogP contribution in [0.1, 0.15) is 36.6 Å². The Balaban J connectivity index is 1.66. The molecule has 1 saturated carbocycles. The zero-order chi connectivity index (χ0) is 15.8. The summed E-state index contributed by atoms with van der Waals surface area (Å²) in [6.07, 6.45) is 2.43. The van der Waals surface area contributed by atoms with E-state index in [1.807, 2.05) is 18.2 Å². The Morgan fingerprint density at radius 1 is 1.22 bits per heavy atom. The molecule has 3 aromatic rings. The Hall–Kier alpha value is -1.30. The summed E-state index contributed by atoms with van der Waals surface area (Å²) in [6, 6.07) is 12.7. The molecule has 1 aromatic carbocycles. The molecule has 0 bridgehead atoms. The molecule has 1 fully saturated rings. The van der Waals surface area contributed by atoms with E-state index in [4.69, 9.17) is 11.6 Å². The number of nitrogens with zero attached hydrogens (tertiary/aromatic N) is 3. The SMILES string of the molecule is CC(Sc1nnc(-c2cccs2)n1C1CC1)c1ccccc1Cl. The first-order chi connectivity index (χ1) is 11.2. The maximum Gasteiger partial charge on any atom is 0.192 e. The zero-order valence-electron chi connectivity index (χ0n) is 12.6. The third kappa shape index (κ3) is 3.05. The van der Waals surface area contributed by atoms with Gasteiger partial charge in [-0.1, -0.05) is 47.6 Å². The number of hydrogen-bond acceptors (Lipinski definition) is 4. The van der Waals surface area contributed by atoms with E-state index in [-0.39, 0.29) is 5.25 Å². The molecule has 2 heterocycles. The summed E-state index contributed by atoms with van der Waals surface area (Å²) in [5.41, 5.74) is 1.14. The fourth-order valence-corrected chi connectivity index (χ4v) is 4.77. The van der Waals surface area contributed by atoms with E-state index >= 15 is 0 Å². The van der Waals surface area contributed by atoms with Crippen LogP contribution >= 0.6 is 34.7 Å². The average molecular weight is 362 g/mol. The second-order valence-electron chi connectivity index (χ2n) is 5.67. The highest BCUT2D eigenvalue weighted by molar-refractivity contribution is 7.99. The van der Waals surface area contributed by atoms with Crippen molar-refractivity contribution in [3.05, 3.63) is 52.4 Å². The van der Waals surface area contributed by atoms with Crippen LogP contribution in [0.25, 0.3) is 10.7 Å². The van der Waals surface area contributed by atoms with Gasteiger partial charge < -0.3 is 0 Å². The second kappa shape index (κ2) is 6.30. The van der Waals surface area contributed by atoms with Crippen LogP contribution < -0.4 is 0 Å². The van der Waals surface area contributed by atoms with E-state index in [0.717, 1.165) is 21.6 Å². The summed E-state index contributed by atoms with van der Waals surface area (Å²) in [5.74, 6) is 0.997. The van der Waals surface area contributed by atoms with Gasteiger partial charge in [0.2, 0.25) is 0 Å². The maximum absolute atomic E-state index is 6.33. The number of halogens is 1. The smallest absolute Gasteiger partial charge is 0.192 e. The molecule has 0 aliphatic heterocycles. The van der Waals surface area contributed by atoms with Gasteiger partial charge in [-0.2, -0.15) is 0 Å². The third-order valence-electron chi connectivity index (χ3n) is 3.94. The van der Waals surface area contributed by atoms with E-state index in [1.165, 1.54) is 17.7 Å². The van der Waals surface area contributed by atoms with Crippen LogP contribution in [0.15, 0.2) is 46.9 Å². The van der Waals surface area contributed by atoms with Crippen LogP contribution in [0.4, 0.5) is 0 Å². The van der Waals surface area contributed by atoms with Gasteiger partial charge in [0.05, 0.1) is 4.88 Å². The average Bonchev–Trinajstić information content (AvgIpc) is 3.08. The van der Waals surface area contributed by atoms with E-state index < -0.39 is 0 Å². The van der Waals surface area contributed by atoms with Crippen molar-refractivity contribution in [3.8, 4) is 10.7 Å². The number of rotatable bonds is 5. The quantitative estimate of drug-likeness (QED) is 0.534. The minimum absolute atomic E-state index is 0.238. The lowest BCUT2D eigenvalue weighted by molar-refractivity contribution is 0.668. The Bertz CT molecular complexity index is 809. The molecule has 1 aliphatic carbocycles. The van der Waals surface area contributed by atoms with Gasteiger partial charge in [-0.05, 0) is 42.8 Å². The molecular formula is C17H16ClN3S2. The molecule has 1 unspecified atom stereocenters. The molecule has 1 atom stereocenters. The molecule has 1 aliphatic rings. The van der Waals surface area contributed by atoms with E-state index in [9.17, 15) is 0 Å². The molecule has 0 saturated heterocycles. The lowest BCUT2D eigenvalue weighted by Crippen LogP contribution is -2.00. The fraction of sp³-hybridized carbons (Fsp3) is 0.294. The van der Waals surface area contributed by atoms with Crippen LogP contribution in [0.5, 0.6) is 0 Å². The summed E-state index contributed by atoms with van der Waals surface area (Å²) in [5, 5.41) is 13.0. The Morgan fingerprint density at radius 3 is 2.74 bits per heavy atom. The third-order valence-corrected chi connectivity index (χ3v) is 6.25. The van der Waals surface area contributed by atoms with Crippen LogP contribution in [-0.4, -0.2) is 14.8 Å². The van der Waals surface area contributed by atoms with Gasteiger partial charge >= 0.3 is 0 Å². The first kappa shape index (κ1) is 15.2. The number of aromatic nitrogens is 3. The van der Waals surface area contributed by atoms with Crippen molar-refractivity contribution in [2.24, 2.45) is 0 Å². The topological polar surface area (TPSA) is 30.7 Å². The molecule has 0 radical (unpaired) electrons. The summed E-state index contributed by atoms with van der Waals surface area (Å²) in [6.45, 7) is 2.17. The molecule has 0 N–H and O–H groups in total. The van der Waals surface area contributed by atoms with Crippen molar-refractivity contribution in [1.82, 2.24) is 14.8 Å². The highest BCUT2D eigenvalue weighted by atomic mass is 35.5. The standard InChI is InChI=1S/C17H16ClN3S2/c1-11(13-5-2-3-6-14(13)18)23-17-20-19-16(15-7-4-10-22-15)21(17)12-8-9-12/h2-7,10-12H,8-9H2,1H3. The van der Waals surface area contributed by atoms with E-state index in [0.29, 0.717) is 6.04 Å². The van der Waals surface area contributed by atoms with E-state index in [2.05, 4.69) is 45.3 Å². The molecule has 2 aromatic heterocycles. The van der Waals surface area contributed by atoms with Gasteiger partial charge in [0.25, 0.3) is 0 Å². The van der Waals surface area contributed by atoms with Gasteiger partial charge in [-0.3, -0.25) is 4.57 Å². The molecular weight excluding hydrogens is 346 g/mol. The molecule has 0 amide bonds. The summed E-state index contributed by atoms with van der Waals surface area (Å²) in [7, 11) is 0. The Kier molecular flexibility index (Phi) is 4.18. The predicted molar refractivity (Wildman–Crippen MR) is 97.3 cm³/mol. The van der Waals surface area contributed by atoms with Crippen LogP contribution in [0, 0.1) is 0 Å². The summed E-state index contributed by atoms with van der Waals surface area (Å²) >= 11 is 9.78. The van der Waals surface area contributed by atoms with Gasteiger partial charge in [0, 0.05) is 16.3 Å². The minimum Gasteiger partial charge on any atom is -0.298 e. The van der Waals surface area contributed by atoms with Crippen molar-refractivity contribution in [1.29, 1.82) is 0 Å².